The summed E-state index contributed by atoms with van der Waals surface area (Å²) in [7, 11) is 0. The minimum absolute atomic E-state index is 0.0601. The van der Waals surface area contributed by atoms with E-state index in [1.54, 1.807) is 9.80 Å². The standard InChI is InChI=1S/C15H27N3O2.C12H21N3O2/c1-2-8-16-13-7-3-4-11-18(15(13)20)12-14(19)17-9-5-6-10-17;13-10-5-1-2-8-15(12(10)17)9-11(16)14-6-3-4-7-14/h13,16H,2-12H2,1H3;10H,1-9,13H2/t13-;/m0./s1. The second-order valence-electron chi connectivity index (χ2n) is 10.8. The maximum absolute atomic E-state index is 12.5. The molecule has 10 nitrogen and oxygen atoms in total. The lowest BCUT2D eigenvalue weighted by Gasteiger charge is -2.26. The third-order valence-corrected chi connectivity index (χ3v) is 7.81. The molecule has 0 spiro atoms. The summed E-state index contributed by atoms with van der Waals surface area (Å²) in [5.74, 6) is 0.246. The molecule has 0 aromatic heterocycles. The molecule has 10 heteroatoms. The van der Waals surface area contributed by atoms with Gasteiger partial charge in [0.05, 0.1) is 25.2 Å². The van der Waals surface area contributed by atoms with Crippen LogP contribution in [-0.4, -0.2) is 114 Å². The number of hydrogen-bond acceptors (Lipinski definition) is 6. The summed E-state index contributed by atoms with van der Waals surface area (Å²) < 4.78 is 0. The molecular weight excluding hydrogens is 472 g/mol. The van der Waals surface area contributed by atoms with Gasteiger partial charge in [-0.15, -0.1) is 0 Å². The summed E-state index contributed by atoms with van der Waals surface area (Å²) in [4.78, 5) is 55.7. The number of nitrogens with one attached hydrogen (secondary N) is 1. The molecule has 4 rings (SSSR count). The molecule has 4 aliphatic heterocycles. The van der Waals surface area contributed by atoms with Gasteiger partial charge in [0.25, 0.3) is 0 Å². The minimum Gasteiger partial charge on any atom is -0.341 e. The van der Waals surface area contributed by atoms with E-state index in [0.29, 0.717) is 6.54 Å². The predicted octanol–water partition coefficient (Wildman–Crippen LogP) is 0.938. The van der Waals surface area contributed by atoms with Crippen LogP contribution in [-0.2, 0) is 19.2 Å². The van der Waals surface area contributed by atoms with E-state index in [1.807, 2.05) is 9.80 Å². The van der Waals surface area contributed by atoms with E-state index >= 15 is 0 Å². The molecule has 4 aliphatic rings. The van der Waals surface area contributed by atoms with Crippen LogP contribution < -0.4 is 11.1 Å². The molecule has 4 saturated heterocycles. The summed E-state index contributed by atoms with van der Waals surface area (Å²) in [6.45, 7) is 8.24. The first-order valence-corrected chi connectivity index (χ1v) is 14.5. The molecule has 0 aromatic carbocycles. The number of rotatable bonds is 7. The molecule has 0 radical (unpaired) electrons. The van der Waals surface area contributed by atoms with Gasteiger partial charge in [-0.1, -0.05) is 6.92 Å². The molecule has 37 heavy (non-hydrogen) atoms. The topological polar surface area (TPSA) is 119 Å². The summed E-state index contributed by atoms with van der Waals surface area (Å²) in [6.07, 6.45) is 11.0. The number of likely N-dealkylation sites (tertiary alicyclic amines) is 4. The van der Waals surface area contributed by atoms with Crippen molar-refractivity contribution in [2.45, 2.75) is 89.6 Å². The second-order valence-corrected chi connectivity index (χ2v) is 10.8. The van der Waals surface area contributed by atoms with Gasteiger partial charge < -0.3 is 30.7 Å². The third-order valence-electron chi connectivity index (χ3n) is 7.81. The highest BCUT2D eigenvalue weighted by Crippen LogP contribution is 2.15. The first kappa shape index (κ1) is 29.4. The Morgan fingerprint density at radius 2 is 1.19 bits per heavy atom. The van der Waals surface area contributed by atoms with Crippen LogP contribution in [0.5, 0.6) is 0 Å². The molecule has 4 amide bonds. The van der Waals surface area contributed by atoms with Gasteiger partial charge in [-0.25, -0.2) is 0 Å². The average Bonchev–Trinajstić information content (AvgIpc) is 3.58. The average molecular weight is 521 g/mol. The maximum Gasteiger partial charge on any atom is 0.242 e. The Bertz CT molecular complexity index is 766. The Labute approximate surface area is 222 Å². The quantitative estimate of drug-likeness (QED) is 0.516. The lowest BCUT2D eigenvalue weighted by atomic mass is 10.1. The van der Waals surface area contributed by atoms with Gasteiger partial charge in [0, 0.05) is 39.3 Å². The van der Waals surface area contributed by atoms with E-state index in [-0.39, 0.29) is 42.8 Å². The van der Waals surface area contributed by atoms with Crippen molar-refractivity contribution in [2.75, 3.05) is 58.9 Å². The van der Waals surface area contributed by atoms with Crippen molar-refractivity contribution >= 4 is 23.6 Å². The smallest absolute Gasteiger partial charge is 0.242 e. The van der Waals surface area contributed by atoms with Crippen LogP contribution in [0.25, 0.3) is 0 Å². The van der Waals surface area contributed by atoms with E-state index in [2.05, 4.69) is 12.2 Å². The van der Waals surface area contributed by atoms with Gasteiger partial charge in [-0.2, -0.15) is 0 Å². The highest BCUT2D eigenvalue weighted by atomic mass is 16.2. The van der Waals surface area contributed by atoms with Crippen LogP contribution in [0.3, 0.4) is 0 Å². The van der Waals surface area contributed by atoms with Gasteiger partial charge >= 0.3 is 0 Å². The lowest BCUT2D eigenvalue weighted by molar-refractivity contribution is -0.140. The van der Waals surface area contributed by atoms with E-state index in [0.717, 1.165) is 110 Å². The summed E-state index contributed by atoms with van der Waals surface area (Å²) in [6, 6.07) is -0.507. The fourth-order valence-corrected chi connectivity index (χ4v) is 5.52. The van der Waals surface area contributed by atoms with Crippen molar-refractivity contribution in [1.82, 2.24) is 24.9 Å². The van der Waals surface area contributed by atoms with Crippen molar-refractivity contribution < 1.29 is 19.2 Å². The van der Waals surface area contributed by atoms with Crippen LogP contribution in [0.2, 0.25) is 0 Å². The van der Waals surface area contributed by atoms with Crippen molar-refractivity contribution in [3.63, 3.8) is 0 Å². The highest BCUT2D eigenvalue weighted by Gasteiger charge is 2.30. The first-order valence-electron chi connectivity index (χ1n) is 14.5. The lowest BCUT2D eigenvalue weighted by Crippen LogP contribution is -2.49. The molecule has 1 unspecified atom stereocenters. The van der Waals surface area contributed by atoms with Gasteiger partial charge in [0.2, 0.25) is 23.6 Å². The van der Waals surface area contributed by atoms with Crippen molar-refractivity contribution in [1.29, 1.82) is 0 Å². The molecule has 0 aliphatic carbocycles. The Morgan fingerprint density at radius 1 is 0.730 bits per heavy atom. The number of nitrogens with zero attached hydrogens (tertiary/aromatic N) is 4. The van der Waals surface area contributed by atoms with E-state index < -0.39 is 6.04 Å². The fraction of sp³-hybridized carbons (Fsp3) is 0.852. The van der Waals surface area contributed by atoms with Crippen molar-refractivity contribution in [3.8, 4) is 0 Å². The van der Waals surface area contributed by atoms with Gasteiger partial charge in [0.1, 0.15) is 0 Å². The monoisotopic (exact) mass is 520 g/mol. The Morgan fingerprint density at radius 3 is 1.70 bits per heavy atom. The first-order chi connectivity index (χ1) is 17.9. The van der Waals surface area contributed by atoms with Crippen molar-refractivity contribution in [3.05, 3.63) is 0 Å². The summed E-state index contributed by atoms with van der Waals surface area (Å²) in [5, 5.41) is 3.32. The molecular formula is C27H48N6O4. The molecule has 2 atom stereocenters. The largest absolute Gasteiger partial charge is 0.341 e. The van der Waals surface area contributed by atoms with Gasteiger partial charge in [-0.3, -0.25) is 19.2 Å². The van der Waals surface area contributed by atoms with Crippen molar-refractivity contribution in [2.24, 2.45) is 5.73 Å². The minimum atomic E-state index is -0.413. The molecule has 0 saturated carbocycles. The number of carbonyl (C=O) groups excluding carboxylic acids is 4. The Balaban J connectivity index is 0.000000208. The number of amides is 4. The van der Waals surface area contributed by atoms with E-state index in [9.17, 15) is 19.2 Å². The zero-order chi connectivity index (χ0) is 26.6. The number of nitrogens with two attached hydrogens (primary N) is 1. The van der Waals surface area contributed by atoms with Crippen LogP contribution in [0, 0.1) is 0 Å². The van der Waals surface area contributed by atoms with E-state index in [1.165, 1.54) is 0 Å². The fourth-order valence-electron chi connectivity index (χ4n) is 5.52. The Hall–Kier alpha value is -2.20. The predicted molar refractivity (Wildman–Crippen MR) is 143 cm³/mol. The number of hydrogen-bond donors (Lipinski definition) is 2. The summed E-state index contributed by atoms with van der Waals surface area (Å²) in [5.41, 5.74) is 5.78. The van der Waals surface area contributed by atoms with Crippen LogP contribution in [0.4, 0.5) is 0 Å². The normalized spacial score (nSPS) is 25.0. The molecule has 4 fully saturated rings. The maximum atomic E-state index is 12.5. The van der Waals surface area contributed by atoms with E-state index in [4.69, 9.17) is 5.73 Å². The van der Waals surface area contributed by atoms with Gasteiger partial charge in [0.15, 0.2) is 0 Å². The molecule has 0 bridgehead atoms. The zero-order valence-corrected chi connectivity index (χ0v) is 22.8. The van der Waals surface area contributed by atoms with Gasteiger partial charge in [-0.05, 0) is 77.2 Å². The highest BCUT2D eigenvalue weighted by molar-refractivity contribution is 5.88. The number of carbonyl (C=O) groups is 4. The second kappa shape index (κ2) is 15.3. The van der Waals surface area contributed by atoms with Crippen LogP contribution >= 0.6 is 0 Å². The Kier molecular flexibility index (Phi) is 12.1. The zero-order valence-electron chi connectivity index (χ0n) is 22.8. The van der Waals surface area contributed by atoms with Crippen LogP contribution in [0.15, 0.2) is 0 Å². The SMILES string of the molecule is CCCN[C@H]1CCCCN(CC(=O)N2CCCC2)C1=O.NC1CCCCN(CC(=O)N2CCCC2)C1=O. The molecule has 3 N–H and O–H groups in total. The summed E-state index contributed by atoms with van der Waals surface area (Å²) >= 11 is 0. The molecule has 4 heterocycles. The van der Waals surface area contributed by atoms with Crippen LogP contribution in [0.1, 0.15) is 77.6 Å². The third kappa shape index (κ3) is 8.95. The molecule has 0 aromatic rings. The molecule has 210 valence electrons.